The predicted octanol–water partition coefficient (Wildman–Crippen LogP) is 2.45. The first-order valence-electron chi connectivity index (χ1n) is 8.67. The molecule has 1 amide bonds. The van der Waals surface area contributed by atoms with E-state index >= 15 is 0 Å². The highest BCUT2D eigenvalue weighted by Crippen LogP contribution is 2.20. The van der Waals surface area contributed by atoms with Crippen LogP contribution in [-0.4, -0.2) is 46.6 Å². The van der Waals surface area contributed by atoms with E-state index in [1.165, 1.54) is 0 Å². The SMILES string of the molecule is Cc1cc(NC(=O)[C@H](C)N2CC[C@H](CNc3cccc(C)n3)C2)on1. The van der Waals surface area contributed by atoms with Crippen LogP contribution in [0.25, 0.3) is 0 Å². The molecule has 0 spiro atoms. The number of anilines is 2. The van der Waals surface area contributed by atoms with Gasteiger partial charge in [-0.2, -0.15) is 0 Å². The second kappa shape index (κ2) is 7.65. The molecule has 0 aliphatic carbocycles. The first kappa shape index (κ1) is 17.4. The molecule has 7 nitrogen and oxygen atoms in total. The van der Waals surface area contributed by atoms with Crippen molar-refractivity contribution in [1.82, 2.24) is 15.0 Å². The summed E-state index contributed by atoms with van der Waals surface area (Å²) in [5, 5.41) is 9.96. The highest BCUT2D eigenvalue weighted by atomic mass is 16.5. The number of nitrogens with zero attached hydrogens (tertiary/aromatic N) is 3. The maximum atomic E-state index is 12.4. The Morgan fingerprint density at radius 3 is 2.96 bits per heavy atom. The third-order valence-corrected chi connectivity index (χ3v) is 4.58. The van der Waals surface area contributed by atoms with Crippen molar-refractivity contribution in [2.45, 2.75) is 33.2 Å². The van der Waals surface area contributed by atoms with Gasteiger partial charge < -0.3 is 9.84 Å². The fourth-order valence-corrected chi connectivity index (χ4v) is 3.09. The van der Waals surface area contributed by atoms with Crippen molar-refractivity contribution in [3.8, 4) is 0 Å². The Balaban J connectivity index is 1.47. The van der Waals surface area contributed by atoms with Gasteiger partial charge in [-0.15, -0.1) is 0 Å². The first-order valence-corrected chi connectivity index (χ1v) is 8.67. The third-order valence-electron chi connectivity index (χ3n) is 4.58. The maximum Gasteiger partial charge on any atom is 0.243 e. The van der Waals surface area contributed by atoms with Crippen LogP contribution in [0.4, 0.5) is 11.7 Å². The van der Waals surface area contributed by atoms with Crippen molar-refractivity contribution < 1.29 is 9.32 Å². The molecule has 0 radical (unpaired) electrons. The summed E-state index contributed by atoms with van der Waals surface area (Å²) >= 11 is 0. The Bertz CT molecular complexity index is 730. The number of amides is 1. The molecule has 0 bridgehead atoms. The van der Waals surface area contributed by atoms with Crippen molar-refractivity contribution in [1.29, 1.82) is 0 Å². The number of nitrogens with one attached hydrogen (secondary N) is 2. The van der Waals surface area contributed by atoms with Gasteiger partial charge in [-0.1, -0.05) is 11.2 Å². The van der Waals surface area contributed by atoms with Crippen LogP contribution in [0, 0.1) is 19.8 Å². The lowest BCUT2D eigenvalue weighted by atomic mass is 10.1. The van der Waals surface area contributed by atoms with Gasteiger partial charge in [-0.25, -0.2) is 4.98 Å². The van der Waals surface area contributed by atoms with E-state index in [-0.39, 0.29) is 11.9 Å². The smallest absolute Gasteiger partial charge is 0.243 e. The minimum Gasteiger partial charge on any atom is -0.370 e. The summed E-state index contributed by atoms with van der Waals surface area (Å²) in [6, 6.07) is 7.49. The quantitative estimate of drug-likeness (QED) is 0.838. The summed E-state index contributed by atoms with van der Waals surface area (Å²) in [5.41, 5.74) is 1.76. The summed E-state index contributed by atoms with van der Waals surface area (Å²) in [6.45, 7) is 8.40. The van der Waals surface area contributed by atoms with Crippen molar-refractivity contribution in [3.05, 3.63) is 35.7 Å². The lowest BCUT2D eigenvalue weighted by Gasteiger charge is -2.23. The molecule has 0 unspecified atom stereocenters. The van der Waals surface area contributed by atoms with E-state index < -0.39 is 0 Å². The average molecular weight is 343 g/mol. The monoisotopic (exact) mass is 343 g/mol. The topological polar surface area (TPSA) is 83.3 Å². The third kappa shape index (κ3) is 4.57. The zero-order chi connectivity index (χ0) is 17.8. The van der Waals surface area contributed by atoms with Crippen LogP contribution >= 0.6 is 0 Å². The van der Waals surface area contributed by atoms with E-state index in [0.717, 1.165) is 43.3 Å². The second-order valence-electron chi connectivity index (χ2n) is 6.69. The Labute approximate surface area is 147 Å². The molecule has 2 atom stereocenters. The van der Waals surface area contributed by atoms with Crippen LogP contribution in [-0.2, 0) is 4.79 Å². The summed E-state index contributed by atoms with van der Waals surface area (Å²) in [7, 11) is 0. The highest BCUT2D eigenvalue weighted by molar-refractivity contribution is 5.93. The summed E-state index contributed by atoms with van der Waals surface area (Å²) in [5.74, 6) is 1.75. The van der Waals surface area contributed by atoms with Gasteiger partial charge in [-0.05, 0) is 51.8 Å². The molecule has 25 heavy (non-hydrogen) atoms. The number of pyridine rings is 1. The number of hydrogen-bond donors (Lipinski definition) is 2. The molecule has 1 aliphatic rings. The summed E-state index contributed by atoms with van der Waals surface area (Å²) in [6.07, 6.45) is 1.07. The normalized spacial score (nSPS) is 18.9. The molecule has 2 N–H and O–H groups in total. The molecule has 1 aliphatic heterocycles. The van der Waals surface area contributed by atoms with E-state index in [4.69, 9.17) is 4.52 Å². The zero-order valence-electron chi connectivity index (χ0n) is 15.0. The summed E-state index contributed by atoms with van der Waals surface area (Å²) in [4.78, 5) is 19.0. The van der Waals surface area contributed by atoms with Crippen molar-refractivity contribution in [2.24, 2.45) is 5.92 Å². The minimum absolute atomic E-state index is 0.0647. The van der Waals surface area contributed by atoms with Crippen LogP contribution < -0.4 is 10.6 Å². The zero-order valence-corrected chi connectivity index (χ0v) is 15.0. The van der Waals surface area contributed by atoms with Crippen LogP contribution in [0.5, 0.6) is 0 Å². The van der Waals surface area contributed by atoms with E-state index in [1.54, 1.807) is 6.07 Å². The van der Waals surface area contributed by atoms with Crippen LogP contribution in [0.15, 0.2) is 28.8 Å². The molecular weight excluding hydrogens is 318 g/mol. The van der Waals surface area contributed by atoms with Crippen molar-refractivity contribution in [2.75, 3.05) is 30.3 Å². The number of carbonyl (C=O) groups excluding carboxylic acids is 1. The predicted molar refractivity (Wildman–Crippen MR) is 96.5 cm³/mol. The number of carbonyl (C=O) groups is 1. The van der Waals surface area contributed by atoms with Gasteiger partial charge in [-0.3, -0.25) is 15.0 Å². The Kier molecular flexibility index (Phi) is 5.33. The molecular formula is C18H25N5O2. The Hall–Kier alpha value is -2.41. The number of hydrogen-bond acceptors (Lipinski definition) is 6. The van der Waals surface area contributed by atoms with Gasteiger partial charge >= 0.3 is 0 Å². The van der Waals surface area contributed by atoms with E-state index in [1.807, 2.05) is 39.0 Å². The molecule has 3 heterocycles. The van der Waals surface area contributed by atoms with E-state index in [2.05, 4.69) is 25.7 Å². The summed E-state index contributed by atoms with van der Waals surface area (Å²) < 4.78 is 5.05. The van der Waals surface area contributed by atoms with E-state index in [9.17, 15) is 4.79 Å². The Morgan fingerprint density at radius 1 is 1.40 bits per heavy atom. The van der Waals surface area contributed by atoms with Crippen LogP contribution in [0.1, 0.15) is 24.7 Å². The fourth-order valence-electron chi connectivity index (χ4n) is 3.09. The largest absolute Gasteiger partial charge is 0.370 e. The van der Waals surface area contributed by atoms with Crippen molar-refractivity contribution in [3.63, 3.8) is 0 Å². The fraction of sp³-hybridized carbons (Fsp3) is 0.500. The number of aryl methyl sites for hydroxylation is 2. The van der Waals surface area contributed by atoms with Gasteiger partial charge in [0.15, 0.2) is 0 Å². The van der Waals surface area contributed by atoms with Gasteiger partial charge in [0, 0.05) is 24.8 Å². The molecule has 0 saturated carbocycles. The number of likely N-dealkylation sites (tertiary alicyclic amines) is 1. The minimum atomic E-state index is -0.201. The standard InChI is InChI=1S/C18H25N5O2/c1-12-5-4-6-16(20-12)19-10-15-7-8-23(11-15)14(3)18(24)21-17-9-13(2)22-25-17/h4-6,9,14-15H,7-8,10-11H2,1-3H3,(H,19,20)(H,21,24)/t14-,15+/m0/s1. The molecule has 2 aromatic rings. The van der Waals surface area contributed by atoms with Crippen LogP contribution in [0.2, 0.25) is 0 Å². The van der Waals surface area contributed by atoms with Crippen LogP contribution in [0.3, 0.4) is 0 Å². The average Bonchev–Trinajstić information content (AvgIpc) is 3.21. The highest BCUT2D eigenvalue weighted by Gasteiger charge is 2.29. The first-order chi connectivity index (χ1) is 12.0. The maximum absolute atomic E-state index is 12.4. The molecule has 7 heteroatoms. The van der Waals surface area contributed by atoms with Gasteiger partial charge in [0.05, 0.1) is 11.7 Å². The molecule has 0 aromatic carbocycles. The molecule has 1 saturated heterocycles. The van der Waals surface area contributed by atoms with Gasteiger partial charge in [0.1, 0.15) is 5.82 Å². The number of aromatic nitrogens is 2. The van der Waals surface area contributed by atoms with Gasteiger partial charge in [0.25, 0.3) is 0 Å². The number of rotatable bonds is 6. The van der Waals surface area contributed by atoms with E-state index in [0.29, 0.717) is 11.8 Å². The van der Waals surface area contributed by atoms with Crippen molar-refractivity contribution >= 4 is 17.6 Å². The lowest BCUT2D eigenvalue weighted by molar-refractivity contribution is -0.120. The second-order valence-corrected chi connectivity index (χ2v) is 6.69. The molecule has 1 fully saturated rings. The molecule has 3 rings (SSSR count). The Morgan fingerprint density at radius 2 is 2.24 bits per heavy atom. The molecule has 134 valence electrons. The van der Waals surface area contributed by atoms with Gasteiger partial charge in [0.2, 0.25) is 11.8 Å². The molecule has 2 aromatic heterocycles. The lowest BCUT2D eigenvalue weighted by Crippen LogP contribution is -2.41.